The van der Waals surface area contributed by atoms with Crippen LogP contribution in [-0.4, -0.2) is 75.5 Å². The van der Waals surface area contributed by atoms with Crippen LogP contribution in [-0.2, 0) is 9.47 Å². The summed E-state index contributed by atoms with van der Waals surface area (Å²) in [6.07, 6.45) is 1.36. The van der Waals surface area contributed by atoms with E-state index in [4.69, 9.17) is 9.47 Å². The Morgan fingerprint density at radius 3 is 2.58 bits per heavy atom. The van der Waals surface area contributed by atoms with Crippen molar-refractivity contribution in [3.8, 4) is 0 Å². The lowest BCUT2D eigenvalue weighted by molar-refractivity contribution is -0.0923. The Balaban J connectivity index is 0.00000288. The molecule has 1 aliphatic heterocycles. The van der Waals surface area contributed by atoms with Crippen molar-refractivity contribution in [2.45, 2.75) is 51.9 Å². The molecule has 7 heteroatoms. The zero-order valence-corrected chi connectivity index (χ0v) is 18.3. The van der Waals surface area contributed by atoms with Gasteiger partial charge in [-0.2, -0.15) is 0 Å². The molecule has 2 rings (SSSR count). The summed E-state index contributed by atoms with van der Waals surface area (Å²) in [4.78, 5) is 6.79. The normalized spacial score (nSPS) is 29.3. The SMILES string of the molecule is CN=C(NCCN1CCOC(C)(C)C1)NC1CC(OC)C1(C)C.I. The zero-order valence-electron chi connectivity index (χ0n) is 16.0. The van der Waals surface area contributed by atoms with Crippen LogP contribution in [0.2, 0.25) is 0 Å². The number of hydrogen-bond acceptors (Lipinski definition) is 4. The number of nitrogens with zero attached hydrogens (tertiary/aromatic N) is 2. The lowest BCUT2D eigenvalue weighted by atomic mass is 9.64. The lowest BCUT2D eigenvalue weighted by Gasteiger charge is -2.51. The van der Waals surface area contributed by atoms with E-state index < -0.39 is 0 Å². The summed E-state index contributed by atoms with van der Waals surface area (Å²) < 4.78 is 11.3. The third kappa shape index (κ3) is 5.44. The third-order valence-corrected chi connectivity index (χ3v) is 5.22. The first-order valence-corrected chi connectivity index (χ1v) is 8.65. The van der Waals surface area contributed by atoms with Gasteiger partial charge in [0.1, 0.15) is 0 Å². The van der Waals surface area contributed by atoms with Gasteiger partial charge in [-0.05, 0) is 20.3 Å². The molecule has 1 saturated heterocycles. The van der Waals surface area contributed by atoms with Crippen molar-refractivity contribution in [1.29, 1.82) is 0 Å². The van der Waals surface area contributed by atoms with E-state index in [1.807, 2.05) is 7.05 Å². The Morgan fingerprint density at radius 2 is 2.04 bits per heavy atom. The predicted octanol–water partition coefficient (Wildman–Crippen LogP) is 1.69. The Labute approximate surface area is 164 Å². The molecular formula is C17H35IN4O2. The minimum atomic E-state index is -0.0384. The number of hydrogen-bond donors (Lipinski definition) is 2. The fourth-order valence-electron chi connectivity index (χ4n) is 3.53. The molecule has 2 fully saturated rings. The number of ether oxygens (including phenoxy) is 2. The predicted molar refractivity (Wildman–Crippen MR) is 109 cm³/mol. The van der Waals surface area contributed by atoms with E-state index in [0.29, 0.717) is 12.1 Å². The molecule has 0 aromatic heterocycles. The van der Waals surface area contributed by atoms with Crippen LogP contribution in [0, 0.1) is 5.41 Å². The maximum Gasteiger partial charge on any atom is 0.191 e. The smallest absolute Gasteiger partial charge is 0.191 e. The molecule has 0 spiro atoms. The molecule has 0 bridgehead atoms. The Bertz CT molecular complexity index is 429. The fraction of sp³-hybridized carbons (Fsp3) is 0.941. The molecule has 24 heavy (non-hydrogen) atoms. The monoisotopic (exact) mass is 454 g/mol. The van der Waals surface area contributed by atoms with Gasteiger partial charge in [-0.3, -0.25) is 9.89 Å². The number of rotatable bonds is 5. The number of methoxy groups -OCH3 is 1. The van der Waals surface area contributed by atoms with Gasteiger partial charge in [0.05, 0.1) is 18.3 Å². The van der Waals surface area contributed by atoms with Crippen LogP contribution in [0.1, 0.15) is 34.1 Å². The molecule has 2 aliphatic rings. The van der Waals surface area contributed by atoms with Crippen LogP contribution in [0.4, 0.5) is 0 Å². The molecule has 0 radical (unpaired) electrons. The highest BCUT2D eigenvalue weighted by molar-refractivity contribution is 14.0. The molecule has 0 aromatic rings. The number of morpholine rings is 1. The first-order chi connectivity index (χ1) is 10.8. The van der Waals surface area contributed by atoms with Crippen LogP contribution in [0.3, 0.4) is 0 Å². The van der Waals surface area contributed by atoms with Crippen LogP contribution < -0.4 is 10.6 Å². The van der Waals surface area contributed by atoms with Gasteiger partial charge in [-0.1, -0.05) is 13.8 Å². The maximum absolute atomic E-state index is 5.75. The average molecular weight is 454 g/mol. The summed E-state index contributed by atoms with van der Waals surface area (Å²) in [5, 5.41) is 6.96. The van der Waals surface area contributed by atoms with Crippen LogP contribution in [0.5, 0.6) is 0 Å². The van der Waals surface area contributed by atoms with Crippen LogP contribution in [0.25, 0.3) is 0 Å². The lowest BCUT2D eigenvalue weighted by Crippen LogP contribution is -2.63. The van der Waals surface area contributed by atoms with Gasteiger partial charge >= 0.3 is 0 Å². The fourth-order valence-corrected chi connectivity index (χ4v) is 3.53. The van der Waals surface area contributed by atoms with Crippen molar-refractivity contribution in [1.82, 2.24) is 15.5 Å². The average Bonchev–Trinajstić information content (AvgIpc) is 2.48. The summed E-state index contributed by atoms with van der Waals surface area (Å²) in [7, 11) is 3.62. The molecule has 1 heterocycles. The first-order valence-electron chi connectivity index (χ1n) is 8.65. The largest absolute Gasteiger partial charge is 0.381 e. The second kappa shape index (κ2) is 9.00. The molecule has 1 aliphatic carbocycles. The molecule has 0 aromatic carbocycles. The summed E-state index contributed by atoms with van der Waals surface area (Å²) in [5.74, 6) is 0.880. The summed E-state index contributed by atoms with van der Waals surface area (Å²) in [6, 6.07) is 0.404. The van der Waals surface area contributed by atoms with E-state index in [9.17, 15) is 0 Å². The van der Waals surface area contributed by atoms with Gasteiger partial charge in [-0.15, -0.1) is 24.0 Å². The minimum absolute atomic E-state index is 0. The van der Waals surface area contributed by atoms with E-state index >= 15 is 0 Å². The Morgan fingerprint density at radius 1 is 1.33 bits per heavy atom. The summed E-state index contributed by atoms with van der Waals surface area (Å²) in [6.45, 7) is 13.5. The standard InChI is InChI=1S/C17H34N4O2.HI/c1-16(2)12-21(9-10-23-16)8-7-19-15(18-5)20-13-11-14(22-6)17(13,3)4;/h13-14H,7-12H2,1-6H3,(H2,18,19,20);1H. The third-order valence-electron chi connectivity index (χ3n) is 5.22. The van der Waals surface area contributed by atoms with Crippen LogP contribution in [0.15, 0.2) is 4.99 Å². The molecule has 0 amide bonds. The van der Waals surface area contributed by atoms with Gasteiger partial charge in [-0.25, -0.2) is 0 Å². The van der Waals surface area contributed by atoms with E-state index in [1.165, 1.54) is 0 Å². The molecule has 2 N–H and O–H groups in total. The van der Waals surface area contributed by atoms with E-state index in [2.05, 4.69) is 48.2 Å². The highest BCUT2D eigenvalue weighted by Crippen LogP contribution is 2.42. The molecule has 1 saturated carbocycles. The van der Waals surface area contributed by atoms with Gasteiger partial charge in [0.15, 0.2) is 5.96 Å². The van der Waals surface area contributed by atoms with E-state index in [-0.39, 0.29) is 35.0 Å². The van der Waals surface area contributed by atoms with E-state index in [1.54, 1.807) is 7.11 Å². The van der Waals surface area contributed by atoms with Gasteiger partial charge in [0.2, 0.25) is 0 Å². The highest BCUT2D eigenvalue weighted by Gasteiger charge is 2.48. The molecule has 2 unspecified atom stereocenters. The van der Waals surface area contributed by atoms with Crippen molar-refractivity contribution < 1.29 is 9.47 Å². The Kier molecular flexibility index (Phi) is 8.22. The van der Waals surface area contributed by atoms with Crippen molar-refractivity contribution in [2.24, 2.45) is 10.4 Å². The summed E-state index contributed by atoms with van der Waals surface area (Å²) >= 11 is 0. The highest BCUT2D eigenvalue weighted by atomic mass is 127. The number of aliphatic imine (C=N–C) groups is 1. The first kappa shape index (κ1) is 21.9. The second-order valence-corrected chi connectivity index (χ2v) is 7.86. The van der Waals surface area contributed by atoms with Gasteiger partial charge < -0.3 is 20.1 Å². The quantitative estimate of drug-likeness (QED) is 0.376. The van der Waals surface area contributed by atoms with E-state index in [0.717, 1.165) is 45.2 Å². The zero-order chi connectivity index (χ0) is 17.1. The van der Waals surface area contributed by atoms with Crippen molar-refractivity contribution >= 4 is 29.9 Å². The molecular weight excluding hydrogens is 419 g/mol. The number of halogens is 1. The minimum Gasteiger partial charge on any atom is -0.381 e. The summed E-state index contributed by atoms with van der Waals surface area (Å²) in [5.41, 5.74) is 0.101. The number of nitrogens with one attached hydrogen (secondary N) is 2. The molecule has 2 atom stereocenters. The van der Waals surface area contributed by atoms with Gasteiger partial charge in [0.25, 0.3) is 0 Å². The molecule has 6 nitrogen and oxygen atoms in total. The number of guanidine groups is 1. The Hall–Kier alpha value is -0.120. The molecule has 142 valence electrons. The maximum atomic E-state index is 5.75. The second-order valence-electron chi connectivity index (χ2n) is 7.86. The topological polar surface area (TPSA) is 58.1 Å². The van der Waals surface area contributed by atoms with Crippen molar-refractivity contribution in [3.63, 3.8) is 0 Å². The van der Waals surface area contributed by atoms with Crippen molar-refractivity contribution in [2.75, 3.05) is 46.9 Å². The van der Waals surface area contributed by atoms with Crippen molar-refractivity contribution in [3.05, 3.63) is 0 Å². The van der Waals surface area contributed by atoms with Gasteiger partial charge in [0, 0.05) is 51.8 Å². The van der Waals surface area contributed by atoms with Crippen LogP contribution >= 0.6 is 24.0 Å².